The fraction of sp³-hybridized carbons (Fsp3) is 0.591. The van der Waals surface area contributed by atoms with Crippen LogP contribution in [0.25, 0.3) is 0 Å². The van der Waals surface area contributed by atoms with E-state index in [1.165, 1.54) is 6.42 Å². The average Bonchev–Trinajstić information content (AvgIpc) is 2.71. The van der Waals surface area contributed by atoms with E-state index in [0.29, 0.717) is 12.1 Å². The number of ether oxygens (including phenoxy) is 1. The molecule has 29 heavy (non-hydrogen) atoms. The van der Waals surface area contributed by atoms with Gasteiger partial charge in [-0.25, -0.2) is 9.59 Å². The second-order valence-electron chi connectivity index (χ2n) is 7.97. The van der Waals surface area contributed by atoms with Crippen LogP contribution >= 0.6 is 0 Å². The molecule has 1 saturated carbocycles. The van der Waals surface area contributed by atoms with E-state index >= 15 is 0 Å². The Kier molecular flexibility index (Phi) is 8.49. The van der Waals surface area contributed by atoms with Gasteiger partial charge in [-0.2, -0.15) is 0 Å². The molecule has 1 aromatic rings. The zero-order valence-corrected chi connectivity index (χ0v) is 17.9. The molecule has 2 N–H and O–H groups in total. The summed E-state index contributed by atoms with van der Waals surface area (Å²) in [6.07, 6.45) is 4.68. The molecule has 0 saturated heterocycles. The lowest BCUT2D eigenvalue weighted by Gasteiger charge is -2.32. The third-order valence-corrected chi connectivity index (χ3v) is 5.16. The number of amides is 3. The second-order valence-corrected chi connectivity index (χ2v) is 7.97. The van der Waals surface area contributed by atoms with Crippen molar-refractivity contribution in [2.75, 3.05) is 7.05 Å². The first-order valence-corrected chi connectivity index (χ1v) is 10.4. The Hall–Kier alpha value is -2.57. The Morgan fingerprint density at radius 3 is 2.28 bits per heavy atom. The van der Waals surface area contributed by atoms with Crippen LogP contribution in [0.3, 0.4) is 0 Å². The summed E-state index contributed by atoms with van der Waals surface area (Å²) in [6, 6.07) is 6.85. The van der Waals surface area contributed by atoms with Crippen molar-refractivity contribution in [3.05, 3.63) is 35.4 Å². The molecule has 1 aliphatic rings. The Morgan fingerprint density at radius 1 is 1.07 bits per heavy atom. The maximum Gasteiger partial charge on any atom is 0.338 e. The number of hydrogen-bond acceptors (Lipinski definition) is 4. The van der Waals surface area contributed by atoms with Crippen molar-refractivity contribution < 1.29 is 19.1 Å². The predicted octanol–water partition coefficient (Wildman–Crippen LogP) is 3.23. The first kappa shape index (κ1) is 22.7. The number of nitrogens with one attached hydrogen (secondary N) is 2. The van der Waals surface area contributed by atoms with Crippen molar-refractivity contribution in [3.63, 3.8) is 0 Å². The van der Waals surface area contributed by atoms with E-state index in [1.807, 2.05) is 13.8 Å². The van der Waals surface area contributed by atoms with Crippen molar-refractivity contribution in [2.45, 2.75) is 77.6 Å². The quantitative estimate of drug-likeness (QED) is 0.684. The summed E-state index contributed by atoms with van der Waals surface area (Å²) in [5.74, 6) is -0.692. The van der Waals surface area contributed by atoms with Crippen LogP contribution in [0.1, 0.15) is 68.8 Å². The van der Waals surface area contributed by atoms with Gasteiger partial charge in [0.05, 0.1) is 5.56 Å². The van der Waals surface area contributed by atoms with Crippen LogP contribution < -0.4 is 10.6 Å². The molecule has 0 radical (unpaired) electrons. The molecule has 0 spiro atoms. The lowest BCUT2D eigenvalue weighted by atomic mass is 9.94. The Balaban J connectivity index is 1.84. The smallest absolute Gasteiger partial charge is 0.338 e. The normalized spacial score (nSPS) is 15.5. The molecule has 1 atom stereocenters. The molecule has 160 valence electrons. The van der Waals surface area contributed by atoms with Crippen molar-refractivity contribution >= 4 is 17.9 Å². The van der Waals surface area contributed by atoms with Gasteiger partial charge in [0.2, 0.25) is 0 Å². The Bertz CT molecular complexity index is 697. The molecule has 0 bridgehead atoms. The highest BCUT2D eigenvalue weighted by atomic mass is 16.5. The van der Waals surface area contributed by atoms with Crippen LogP contribution in [0.5, 0.6) is 0 Å². The minimum Gasteiger partial charge on any atom is -0.449 e. The molecule has 1 fully saturated rings. The van der Waals surface area contributed by atoms with Crippen molar-refractivity contribution in [3.8, 4) is 0 Å². The molecule has 2 rings (SSSR count). The summed E-state index contributed by atoms with van der Waals surface area (Å²) in [4.78, 5) is 38.3. The second kappa shape index (κ2) is 10.8. The number of carbonyl (C=O) groups excluding carboxylic acids is 3. The number of carbonyl (C=O) groups is 3. The minimum absolute atomic E-state index is 0.0639. The zero-order chi connectivity index (χ0) is 21.4. The predicted molar refractivity (Wildman–Crippen MR) is 111 cm³/mol. The lowest BCUT2D eigenvalue weighted by Crippen LogP contribution is -2.44. The van der Waals surface area contributed by atoms with Gasteiger partial charge in [-0.05, 0) is 51.3 Å². The van der Waals surface area contributed by atoms with Gasteiger partial charge >= 0.3 is 12.0 Å². The fourth-order valence-electron chi connectivity index (χ4n) is 3.47. The Morgan fingerprint density at radius 2 is 1.69 bits per heavy atom. The highest BCUT2D eigenvalue weighted by Crippen LogP contribution is 2.22. The number of hydrogen-bond donors (Lipinski definition) is 2. The maximum absolute atomic E-state index is 12.6. The van der Waals surface area contributed by atoms with E-state index < -0.39 is 12.1 Å². The van der Waals surface area contributed by atoms with Gasteiger partial charge in [-0.1, -0.05) is 31.4 Å². The third kappa shape index (κ3) is 7.07. The summed E-state index contributed by atoms with van der Waals surface area (Å²) in [7, 11) is 1.79. The first-order valence-electron chi connectivity index (χ1n) is 10.4. The van der Waals surface area contributed by atoms with Gasteiger partial charge in [0.1, 0.15) is 0 Å². The van der Waals surface area contributed by atoms with Crippen LogP contribution in [0.4, 0.5) is 4.79 Å². The molecule has 0 heterocycles. The number of urea groups is 1. The number of nitrogens with zero attached hydrogens (tertiary/aromatic N) is 1. The first-order chi connectivity index (χ1) is 13.8. The number of rotatable bonds is 7. The van der Waals surface area contributed by atoms with Gasteiger partial charge in [0.15, 0.2) is 6.10 Å². The number of likely N-dealkylation sites (N-methyl/N-ethyl adjacent to an activating group) is 1. The molecular weight excluding hydrogens is 370 g/mol. The van der Waals surface area contributed by atoms with Crippen molar-refractivity contribution in [1.29, 1.82) is 0 Å². The van der Waals surface area contributed by atoms with Gasteiger partial charge in [0.25, 0.3) is 5.91 Å². The van der Waals surface area contributed by atoms with E-state index in [2.05, 4.69) is 10.6 Å². The molecule has 3 amide bonds. The van der Waals surface area contributed by atoms with E-state index in [-0.39, 0.29) is 24.0 Å². The van der Waals surface area contributed by atoms with Crippen molar-refractivity contribution in [1.82, 2.24) is 15.5 Å². The lowest BCUT2D eigenvalue weighted by molar-refractivity contribution is -0.141. The molecule has 0 unspecified atom stereocenters. The SMILES string of the molecule is CC(C)NC(=O)NCc1ccc(C(=O)O[C@@H](C)C(=O)N(C)C2CCCCC2)cc1. The number of esters is 1. The highest BCUT2D eigenvalue weighted by molar-refractivity contribution is 5.92. The number of benzene rings is 1. The molecular formula is C22H33N3O4. The topological polar surface area (TPSA) is 87.7 Å². The fourth-order valence-corrected chi connectivity index (χ4v) is 3.47. The summed E-state index contributed by atoms with van der Waals surface area (Å²) < 4.78 is 5.38. The summed E-state index contributed by atoms with van der Waals surface area (Å²) in [5.41, 5.74) is 1.24. The van der Waals surface area contributed by atoms with Crippen molar-refractivity contribution in [2.24, 2.45) is 0 Å². The molecule has 0 aliphatic heterocycles. The molecule has 1 aromatic carbocycles. The van der Waals surface area contributed by atoms with Gasteiger partial charge in [0, 0.05) is 25.7 Å². The van der Waals surface area contributed by atoms with E-state index in [4.69, 9.17) is 4.74 Å². The van der Waals surface area contributed by atoms with Crippen LogP contribution in [-0.2, 0) is 16.1 Å². The monoisotopic (exact) mass is 403 g/mol. The molecule has 0 aromatic heterocycles. The summed E-state index contributed by atoms with van der Waals surface area (Å²) in [5, 5.41) is 5.50. The zero-order valence-electron chi connectivity index (χ0n) is 17.9. The van der Waals surface area contributed by atoms with E-state index in [1.54, 1.807) is 43.1 Å². The minimum atomic E-state index is -0.824. The maximum atomic E-state index is 12.6. The molecule has 7 nitrogen and oxygen atoms in total. The standard InChI is InChI=1S/C22H33N3O4/c1-15(2)24-22(28)23-14-17-10-12-18(13-11-17)21(27)29-16(3)20(26)25(4)19-8-6-5-7-9-19/h10-13,15-16,19H,5-9,14H2,1-4H3,(H2,23,24,28)/t16-/m0/s1. The van der Waals surface area contributed by atoms with Crippen LogP contribution in [0, 0.1) is 0 Å². The largest absolute Gasteiger partial charge is 0.449 e. The Labute approximate surface area is 173 Å². The highest BCUT2D eigenvalue weighted by Gasteiger charge is 2.27. The molecule has 7 heteroatoms. The van der Waals surface area contributed by atoms with E-state index in [0.717, 1.165) is 31.2 Å². The van der Waals surface area contributed by atoms with E-state index in [9.17, 15) is 14.4 Å². The van der Waals surface area contributed by atoms with Gasteiger partial charge < -0.3 is 20.3 Å². The third-order valence-electron chi connectivity index (χ3n) is 5.16. The molecule has 1 aliphatic carbocycles. The average molecular weight is 404 g/mol. The van der Waals surface area contributed by atoms with Crippen LogP contribution in [0.2, 0.25) is 0 Å². The summed E-state index contributed by atoms with van der Waals surface area (Å²) >= 11 is 0. The summed E-state index contributed by atoms with van der Waals surface area (Å²) in [6.45, 7) is 5.75. The van der Waals surface area contributed by atoms with Crippen LogP contribution in [-0.4, -0.2) is 48.0 Å². The van der Waals surface area contributed by atoms with Gasteiger partial charge in [-0.15, -0.1) is 0 Å². The van der Waals surface area contributed by atoms with Gasteiger partial charge in [-0.3, -0.25) is 4.79 Å². The van der Waals surface area contributed by atoms with Crippen LogP contribution in [0.15, 0.2) is 24.3 Å².